The maximum absolute atomic E-state index is 13.1. The number of rotatable bonds is 8. The first-order valence-electron chi connectivity index (χ1n) is 10.9. The topological polar surface area (TPSA) is 132 Å². The van der Waals surface area contributed by atoms with Gasteiger partial charge in [-0.15, -0.1) is 0 Å². The molecule has 4 aromatic rings. The Morgan fingerprint density at radius 3 is 2.22 bits per heavy atom. The van der Waals surface area contributed by atoms with Crippen LogP contribution in [0.3, 0.4) is 0 Å². The first-order valence-corrected chi connectivity index (χ1v) is 12.7. The minimum Gasteiger partial charge on any atom is -0.506 e. The smallest absolute Gasteiger partial charge is 0.255 e. The summed E-state index contributed by atoms with van der Waals surface area (Å²) in [7, 11) is -2.36. The summed E-state index contributed by atoms with van der Waals surface area (Å²) in [6.45, 7) is -0.730. The minimum atomic E-state index is -3.82. The van der Waals surface area contributed by atoms with Crippen molar-refractivity contribution in [2.45, 2.75) is 0 Å². The number of aromatic hydroxyl groups is 1. The SMILES string of the molecule is CNC(=O)c1c(-c2ccc(Nc3ccc(F)cc3)cc2)oc2cc(N(CCO)S(C)(=O)=O)c(O)cc12. The molecule has 0 bridgehead atoms. The third-order valence-corrected chi connectivity index (χ3v) is 6.67. The molecule has 4 rings (SSSR count). The van der Waals surface area contributed by atoms with Gasteiger partial charge < -0.3 is 25.3 Å². The van der Waals surface area contributed by atoms with Gasteiger partial charge in [-0.1, -0.05) is 0 Å². The fourth-order valence-electron chi connectivity index (χ4n) is 3.83. The first kappa shape index (κ1) is 25.0. The van der Waals surface area contributed by atoms with Crippen LogP contribution in [0.5, 0.6) is 5.75 Å². The summed E-state index contributed by atoms with van der Waals surface area (Å²) < 4.78 is 44.5. The molecule has 9 nitrogen and oxygen atoms in total. The third kappa shape index (κ3) is 4.97. The summed E-state index contributed by atoms with van der Waals surface area (Å²) in [5.74, 6) is -0.965. The van der Waals surface area contributed by atoms with E-state index in [1.54, 1.807) is 36.4 Å². The first-order chi connectivity index (χ1) is 17.1. The number of nitrogens with zero attached hydrogens (tertiary/aromatic N) is 1. The molecule has 11 heteroatoms. The normalized spacial score (nSPS) is 11.4. The maximum atomic E-state index is 13.1. The highest BCUT2D eigenvalue weighted by Gasteiger charge is 2.26. The van der Waals surface area contributed by atoms with E-state index in [0.29, 0.717) is 11.3 Å². The number of hydrogen-bond donors (Lipinski definition) is 4. The van der Waals surface area contributed by atoms with Crippen molar-refractivity contribution in [3.63, 3.8) is 0 Å². The highest BCUT2D eigenvalue weighted by Crippen LogP contribution is 2.40. The standard InChI is InChI=1S/C25H24FN3O6S/c1-27-25(32)23-19-13-21(31)20(29(11-12-30)36(2,33)34)14-22(19)35-24(23)15-3-7-17(8-4-15)28-18-9-5-16(26)6-10-18/h3-10,13-14,28,30-31H,11-12H2,1-2H3,(H,27,32). The summed E-state index contributed by atoms with van der Waals surface area (Å²) in [6.07, 6.45) is 0.956. The number of phenols is 1. The number of fused-ring (bicyclic) bond motifs is 1. The van der Waals surface area contributed by atoms with Crippen LogP contribution in [-0.2, 0) is 10.0 Å². The number of hydrogen-bond acceptors (Lipinski definition) is 7. The lowest BCUT2D eigenvalue weighted by Crippen LogP contribution is -2.32. The number of carbonyl (C=O) groups is 1. The lowest BCUT2D eigenvalue weighted by atomic mass is 10.0. The molecule has 0 saturated carbocycles. The average Bonchev–Trinajstić information content (AvgIpc) is 3.21. The Morgan fingerprint density at radius 2 is 1.67 bits per heavy atom. The molecule has 4 N–H and O–H groups in total. The monoisotopic (exact) mass is 513 g/mol. The molecule has 0 radical (unpaired) electrons. The van der Waals surface area contributed by atoms with E-state index in [9.17, 15) is 27.8 Å². The molecule has 188 valence electrons. The van der Waals surface area contributed by atoms with Crippen molar-refractivity contribution in [3.05, 3.63) is 72.0 Å². The summed E-state index contributed by atoms with van der Waals surface area (Å²) in [5.41, 5.74) is 2.24. The molecule has 1 amide bonds. The van der Waals surface area contributed by atoms with Crippen LogP contribution in [-0.4, -0.2) is 51.0 Å². The van der Waals surface area contributed by atoms with E-state index in [-0.39, 0.29) is 40.3 Å². The van der Waals surface area contributed by atoms with Crippen LogP contribution in [0.25, 0.3) is 22.3 Å². The second-order valence-corrected chi connectivity index (χ2v) is 9.90. The van der Waals surface area contributed by atoms with Crippen molar-refractivity contribution < 1.29 is 32.2 Å². The Balaban J connectivity index is 1.79. The van der Waals surface area contributed by atoms with Crippen molar-refractivity contribution in [1.29, 1.82) is 0 Å². The van der Waals surface area contributed by atoms with Gasteiger partial charge >= 0.3 is 0 Å². The molecular weight excluding hydrogens is 489 g/mol. The van der Waals surface area contributed by atoms with Gasteiger partial charge in [0.05, 0.1) is 30.7 Å². The van der Waals surface area contributed by atoms with Crippen molar-refractivity contribution in [3.8, 4) is 17.1 Å². The fourth-order valence-corrected chi connectivity index (χ4v) is 4.75. The number of phenolic OH excluding ortho intramolecular Hbond substituents is 1. The molecule has 0 aliphatic heterocycles. The Bertz CT molecular complexity index is 1520. The average molecular weight is 514 g/mol. The number of aliphatic hydroxyl groups excluding tert-OH is 1. The number of aliphatic hydroxyl groups is 1. The highest BCUT2D eigenvalue weighted by atomic mass is 32.2. The Morgan fingerprint density at radius 1 is 1.06 bits per heavy atom. The zero-order chi connectivity index (χ0) is 26.0. The number of halogens is 1. The van der Waals surface area contributed by atoms with Crippen LogP contribution < -0.4 is 14.9 Å². The second kappa shape index (κ2) is 9.88. The minimum absolute atomic E-state index is 0.0818. The molecule has 3 aromatic carbocycles. The number of sulfonamides is 1. The van der Waals surface area contributed by atoms with Gasteiger partial charge in [0, 0.05) is 35.4 Å². The zero-order valence-corrected chi connectivity index (χ0v) is 20.3. The van der Waals surface area contributed by atoms with Crippen molar-refractivity contribution in [1.82, 2.24) is 5.32 Å². The van der Waals surface area contributed by atoms with E-state index in [1.165, 1.54) is 31.3 Å². The summed E-state index contributed by atoms with van der Waals surface area (Å²) in [6, 6.07) is 15.5. The van der Waals surface area contributed by atoms with Crippen molar-refractivity contribution in [2.24, 2.45) is 0 Å². The van der Waals surface area contributed by atoms with Gasteiger partial charge in [0.25, 0.3) is 5.91 Å². The van der Waals surface area contributed by atoms with Crippen molar-refractivity contribution in [2.75, 3.05) is 36.1 Å². The molecular formula is C25H24FN3O6S. The lowest BCUT2D eigenvalue weighted by Gasteiger charge is -2.22. The molecule has 1 heterocycles. The fraction of sp³-hybridized carbons (Fsp3) is 0.160. The second-order valence-electron chi connectivity index (χ2n) is 7.99. The maximum Gasteiger partial charge on any atom is 0.255 e. The number of anilines is 3. The summed E-state index contributed by atoms with van der Waals surface area (Å²) in [4.78, 5) is 12.8. The van der Waals surface area contributed by atoms with E-state index >= 15 is 0 Å². The zero-order valence-electron chi connectivity index (χ0n) is 19.4. The summed E-state index contributed by atoms with van der Waals surface area (Å²) >= 11 is 0. The molecule has 0 unspecified atom stereocenters. The highest BCUT2D eigenvalue weighted by molar-refractivity contribution is 7.92. The van der Waals surface area contributed by atoms with E-state index in [4.69, 9.17) is 4.42 Å². The van der Waals surface area contributed by atoms with Crippen LogP contribution in [0.15, 0.2) is 65.1 Å². The van der Waals surface area contributed by atoms with Gasteiger partial charge in [-0.25, -0.2) is 12.8 Å². The van der Waals surface area contributed by atoms with E-state index in [1.807, 2.05) is 0 Å². The molecule has 0 atom stereocenters. The van der Waals surface area contributed by atoms with Gasteiger partial charge in [-0.05, 0) is 54.6 Å². The van der Waals surface area contributed by atoms with E-state index in [0.717, 1.165) is 16.2 Å². The quantitative estimate of drug-likeness (QED) is 0.282. The number of amides is 1. The van der Waals surface area contributed by atoms with Crippen LogP contribution in [0.2, 0.25) is 0 Å². The number of benzene rings is 3. The van der Waals surface area contributed by atoms with E-state index in [2.05, 4.69) is 10.6 Å². The third-order valence-electron chi connectivity index (χ3n) is 5.49. The predicted molar refractivity (Wildman–Crippen MR) is 136 cm³/mol. The van der Waals surface area contributed by atoms with Crippen molar-refractivity contribution >= 4 is 44.0 Å². The number of nitrogens with one attached hydrogen (secondary N) is 2. The predicted octanol–water partition coefficient (Wildman–Crippen LogP) is 3.81. The molecule has 1 aromatic heterocycles. The Kier molecular flexibility index (Phi) is 6.86. The molecule has 0 spiro atoms. The van der Waals surface area contributed by atoms with Crippen LogP contribution >= 0.6 is 0 Å². The number of carbonyl (C=O) groups excluding carboxylic acids is 1. The van der Waals surface area contributed by atoms with Crippen LogP contribution in [0.4, 0.5) is 21.5 Å². The van der Waals surface area contributed by atoms with E-state index < -0.39 is 28.3 Å². The van der Waals surface area contributed by atoms with Crippen LogP contribution in [0.1, 0.15) is 10.4 Å². The van der Waals surface area contributed by atoms with Gasteiger partial charge in [-0.2, -0.15) is 0 Å². The van der Waals surface area contributed by atoms with Gasteiger partial charge in [0.1, 0.15) is 22.9 Å². The lowest BCUT2D eigenvalue weighted by molar-refractivity contribution is 0.0964. The Labute approximate surface area is 206 Å². The molecule has 0 aliphatic carbocycles. The Hall–Kier alpha value is -4.09. The summed E-state index contributed by atoms with van der Waals surface area (Å²) in [5, 5.41) is 25.9. The molecule has 36 heavy (non-hydrogen) atoms. The van der Waals surface area contributed by atoms with Crippen LogP contribution in [0, 0.1) is 5.82 Å². The molecule has 0 fully saturated rings. The van der Waals surface area contributed by atoms with Gasteiger partial charge in [0.2, 0.25) is 10.0 Å². The molecule has 0 saturated heterocycles. The number of furan rings is 1. The van der Waals surface area contributed by atoms with Gasteiger partial charge in [0.15, 0.2) is 0 Å². The molecule has 0 aliphatic rings. The van der Waals surface area contributed by atoms with Gasteiger partial charge in [-0.3, -0.25) is 9.10 Å². The largest absolute Gasteiger partial charge is 0.506 e.